The predicted octanol–water partition coefficient (Wildman–Crippen LogP) is 1.33. The number of sulfonamides is 1. The molecule has 3 heterocycles. The van der Waals surface area contributed by atoms with E-state index >= 15 is 0 Å². The lowest BCUT2D eigenvalue weighted by molar-refractivity contribution is -0.0353. The largest absolute Gasteiger partial charge is 0.388 e. The minimum atomic E-state index is -3.74. The van der Waals surface area contributed by atoms with Crippen LogP contribution >= 0.6 is 0 Å². The van der Waals surface area contributed by atoms with Crippen LogP contribution < -0.4 is 10.5 Å². The predicted molar refractivity (Wildman–Crippen MR) is 132 cm³/mol. The van der Waals surface area contributed by atoms with Gasteiger partial charge in [0, 0.05) is 0 Å². The monoisotopic (exact) mass is 510 g/mol. The second-order valence-electron chi connectivity index (χ2n) is 8.65. The summed E-state index contributed by atoms with van der Waals surface area (Å²) < 4.78 is 30.0. The Balaban J connectivity index is 1.46. The van der Waals surface area contributed by atoms with Crippen LogP contribution in [-0.2, 0) is 14.8 Å². The molecule has 0 amide bonds. The minimum Gasteiger partial charge on any atom is -0.388 e. The van der Waals surface area contributed by atoms with Crippen LogP contribution in [0.1, 0.15) is 29.8 Å². The summed E-state index contributed by atoms with van der Waals surface area (Å²) in [5.41, 5.74) is 2.90. The number of hydrogen-bond acceptors (Lipinski definition) is 9. The number of aromatic nitrogens is 4. The fraction of sp³-hybridized carbons (Fsp3) is 0.292. The van der Waals surface area contributed by atoms with Crippen molar-refractivity contribution in [2.75, 3.05) is 11.1 Å². The maximum absolute atomic E-state index is 11.3. The second kappa shape index (κ2) is 9.91. The first-order chi connectivity index (χ1) is 17.3. The maximum Gasteiger partial charge on any atom is 0.209 e. The van der Waals surface area contributed by atoms with Crippen LogP contribution in [0.5, 0.6) is 0 Å². The van der Waals surface area contributed by atoms with Gasteiger partial charge >= 0.3 is 0 Å². The van der Waals surface area contributed by atoms with E-state index in [1.165, 1.54) is 17.2 Å². The van der Waals surface area contributed by atoms with Gasteiger partial charge in [0.15, 0.2) is 23.2 Å². The van der Waals surface area contributed by atoms with E-state index in [9.17, 15) is 18.6 Å². The van der Waals surface area contributed by atoms with Gasteiger partial charge in [-0.25, -0.2) is 28.5 Å². The first-order valence-electron chi connectivity index (χ1n) is 11.4. The smallest absolute Gasteiger partial charge is 0.209 e. The topological polar surface area (TPSA) is 165 Å². The molecule has 188 valence electrons. The first-order valence-corrected chi connectivity index (χ1v) is 13.1. The molecule has 5 rings (SSSR count). The number of benzene rings is 2. The Labute approximate surface area is 207 Å². The van der Waals surface area contributed by atoms with E-state index in [2.05, 4.69) is 20.3 Å². The molecule has 12 heteroatoms. The van der Waals surface area contributed by atoms with Crippen LogP contribution in [0, 0.1) is 0 Å². The molecule has 0 radical (unpaired) electrons. The minimum absolute atomic E-state index is 0.0577. The van der Waals surface area contributed by atoms with Crippen molar-refractivity contribution in [1.29, 1.82) is 0 Å². The molecule has 1 aliphatic rings. The molecule has 0 spiro atoms. The Hall–Kier alpha value is -3.42. The molecule has 0 saturated carbocycles. The molecule has 11 nitrogen and oxygen atoms in total. The van der Waals surface area contributed by atoms with E-state index in [-0.39, 0.29) is 18.2 Å². The van der Waals surface area contributed by atoms with Gasteiger partial charge in [0.05, 0.1) is 24.2 Å². The zero-order valence-corrected chi connectivity index (χ0v) is 19.9. The van der Waals surface area contributed by atoms with Crippen molar-refractivity contribution in [1.82, 2.24) is 19.5 Å². The summed E-state index contributed by atoms with van der Waals surface area (Å²) in [5.74, 6) is 0.102. The number of anilines is 1. The summed E-state index contributed by atoms with van der Waals surface area (Å²) in [6.07, 6.45) is -1.77. The van der Waals surface area contributed by atoms with Crippen molar-refractivity contribution in [2.45, 2.75) is 37.0 Å². The molecular weight excluding hydrogens is 484 g/mol. The summed E-state index contributed by atoms with van der Waals surface area (Å²) in [6, 6.07) is 19.6. The lowest BCUT2D eigenvalue weighted by Gasteiger charge is -2.21. The Morgan fingerprint density at radius 3 is 2.22 bits per heavy atom. The van der Waals surface area contributed by atoms with Gasteiger partial charge in [0.2, 0.25) is 10.0 Å². The average molecular weight is 511 g/mol. The van der Waals surface area contributed by atoms with E-state index < -0.39 is 34.6 Å². The molecule has 36 heavy (non-hydrogen) atoms. The molecule has 4 atom stereocenters. The Morgan fingerprint density at radius 2 is 1.61 bits per heavy atom. The number of fused-ring (bicyclic) bond motifs is 1. The Bertz CT molecular complexity index is 1390. The van der Waals surface area contributed by atoms with Crippen molar-refractivity contribution < 1.29 is 23.4 Å². The second-order valence-corrected chi connectivity index (χ2v) is 10.4. The third-order valence-electron chi connectivity index (χ3n) is 6.20. The van der Waals surface area contributed by atoms with E-state index in [1.807, 2.05) is 60.7 Å². The highest BCUT2D eigenvalue weighted by Crippen LogP contribution is 2.34. The molecule has 0 bridgehead atoms. The SMILES string of the molecule is NS(=O)(=O)CC[C@H]1O[C@@H](n2cnc3c(NC(c4ccccc4)c4ccccc4)ncnc32)[C@H](O)[C@@H]1O. The highest BCUT2D eigenvalue weighted by atomic mass is 32.2. The van der Waals surface area contributed by atoms with Gasteiger partial charge in [0.25, 0.3) is 0 Å². The number of nitrogens with two attached hydrogens (primary N) is 1. The summed E-state index contributed by atoms with van der Waals surface area (Å²) in [5, 5.41) is 29.6. The van der Waals surface area contributed by atoms with Crippen molar-refractivity contribution in [3.05, 3.63) is 84.4 Å². The molecule has 0 aliphatic carbocycles. The molecule has 1 aliphatic heterocycles. The summed E-state index contributed by atoms with van der Waals surface area (Å²) in [7, 11) is -3.74. The Kier molecular flexibility index (Phi) is 6.69. The number of rotatable bonds is 8. The zero-order chi connectivity index (χ0) is 25.3. The molecule has 5 N–H and O–H groups in total. The highest BCUT2D eigenvalue weighted by Gasteiger charge is 2.44. The van der Waals surface area contributed by atoms with Gasteiger partial charge in [-0.2, -0.15) is 0 Å². The number of ether oxygens (including phenoxy) is 1. The number of imidazole rings is 1. The van der Waals surface area contributed by atoms with Gasteiger partial charge in [-0.05, 0) is 17.5 Å². The fourth-order valence-electron chi connectivity index (χ4n) is 4.41. The van der Waals surface area contributed by atoms with E-state index in [1.54, 1.807) is 0 Å². The number of nitrogens with one attached hydrogen (secondary N) is 1. The van der Waals surface area contributed by atoms with E-state index in [4.69, 9.17) is 9.88 Å². The lowest BCUT2D eigenvalue weighted by atomic mass is 9.99. The summed E-state index contributed by atoms with van der Waals surface area (Å²) in [4.78, 5) is 13.2. The van der Waals surface area contributed by atoms with Crippen molar-refractivity contribution >= 4 is 27.0 Å². The van der Waals surface area contributed by atoms with Crippen LogP contribution in [0.3, 0.4) is 0 Å². The molecular formula is C24H26N6O5S. The average Bonchev–Trinajstić information content (AvgIpc) is 3.43. The lowest BCUT2D eigenvalue weighted by Crippen LogP contribution is -2.33. The molecule has 0 unspecified atom stereocenters. The standard InChI is InChI=1S/C24H26N6O5S/c25-36(33,34)12-11-17-20(31)21(32)24(35-17)30-14-28-19-22(26-13-27-23(19)30)29-18(15-7-3-1-4-8-15)16-9-5-2-6-10-16/h1-10,13-14,17-18,20-21,24,31-32H,11-12H2,(H2,25,33,34)(H,26,27,29)/t17-,20-,21-,24-/m1/s1. The Morgan fingerprint density at radius 1 is 0.972 bits per heavy atom. The molecule has 4 aromatic rings. The molecule has 2 aromatic heterocycles. The fourth-order valence-corrected chi connectivity index (χ4v) is 4.97. The first kappa shape index (κ1) is 24.3. The van der Waals surface area contributed by atoms with Gasteiger partial charge < -0.3 is 20.3 Å². The normalized spacial score (nSPS) is 22.3. The third-order valence-corrected chi connectivity index (χ3v) is 7.01. The number of primary sulfonamides is 1. The van der Waals surface area contributed by atoms with Crippen molar-refractivity contribution in [3.8, 4) is 0 Å². The van der Waals surface area contributed by atoms with Gasteiger partial charge in [0.1, 0.15) is 18.5 Å². The van der Waals surface area contributed by atoms with E-state index in [0.29, 0.717) is 17.0 Å². The number of aliphatic hydroxyl groups is 2. The van der Waals surface area contributed by atoms with Crippen molar-refractivity contribution in [3.63, 3.8) is 0 Å². The van der Waals surface area contributed by atoms with Gasteiger partial charge in [-0.3, -0.25) is 4.57 Å². The summed E-state index contributed by atoms with van der Waals surface area (Å²) in [6.45, 7) is 0. The van der Waals surface area contributed by atoms with Gasteiger partial charge in [-0.15, -0.1) is 0 Å². The summed E-state index contributed by atoms with van der Waals surface area (Å²) >= 11 is 0. The molecule has 1 saturated heterocycles. The number of aliphatic hydroxyl groups excluding tert-OH is 2. The van der Waals surface area contributed by atoms with Crippen LogP contribution in [0.25, 0.3) is 11.2 Å². The van der Waals surface area contributed by atoms with Crippen molar-refractivity contribution in [2.24, 2.45) is 5.14 Å². The van der Waals surface area contributed by atoms with Crippen LogP contribution in [0.2, 0.25) is 0 Å². The maximum atomic E-state index is 11.3. The quantitative estimate of drug-likeness (QED) is 0.273. The zero-order valence-electron chi connectivity index (χ0n) is 19.1. The highest BCUT2D eigenvalue weighted by molar-refractivity contribution is 7.89. The number of nitrogens with zero attached hydrogens (tertiary/aromatic N) is 4. The molecule has 1 fully saturated rings. The molecule has 2 aromatic carbocycles. The van der Waals surface area contributed by atoms with Gasteiger partial charge in [-0.1, -0.05) is 60.7 Å². The van der Waals surface area contributed by atoms with E-state index in [0.717, 1.165) is 11.1 Å². The van der Waals surface area contributed by atoms with Crippen LogP contribution in [0.15, 0.2) is 73.3 Å². The van der Waals surface area contributed by atoms with Crippen LogP contribution in [0.4, 0.5) is 5.82 Å². The van der Waals surface area contributed by atoms with Crippen LogP contribution in [-0.4, -0.2) is 62.2 Å². The third kappa shape index (κ3) is 4.94. The number of hydrogen-bond donors (Lipinski definition) is 4.